The Balaban J connectivity index is 1.40. The summed E-state index contributed by atoms with van der Waals surface area (Å²) in [7, 11) is 0. The van der Waals surface area contributed by atoms with Crippen LogP contribution in [0.4, 0.5) is 5.69 Å². The fraction of sp³-hybridized carbons (Fsp3) is 0.120. The van der Waals surface area contributed by atoms with Crippen LogP contribution in [0, 0.1) is 11.3 Å². The van der Waals surface area contributed by atoms with Crippen molar-refractivity contribution < 1.29 is 19.0 Å². The van der Waals surface area contributed by atoms with Gasteiger partial charge in [0, 0.05) is 11.8 Å². The summed E-state index contributed by atoms with van der Waals surface area (Å²) in [5.74, 6) is 1.41. The van der Waals surface area contributed by atoms with Gasteiger partial charge in [0.15, 0.2) is 11.5 Å². The summed E-state index contributed by atoms with van der Waals surface area (Å²) in [5.41, 5.74) is 2.32. The number of hydrogen-bond donors (Lipinski definition) is 1. The molecular formula is C25H20N2O4. The lowest BCUT2D eigenvalue weighted by atomic mass is 10.1. The molecule has 0 spiro atoms. The highest BCUT2D eigenvalue weighted by atomic mass is 16.6. The van der Waals surface area contributed by atoms with Gasteiger partial charge in [0.2, 0.25) is 0 Å². The predicted molar refractivity (Wildman–Crippen MR) is 117 cm³/mol. The molecule has 0 atom stereocenters. The van der Waals surface area contributed by atoms with E-state index >= 15 is 0 Å². The molecule has 0 aliphatic carbocycles. The molecule has 31 heavy (non-hydrogen) atoms. The van der Waals surface area contributed by atoms with Gasteiger partial charge in [-0.15, -0.1) is 0 Å². The summed E-state index contributed by atoms with van der Waals surface area (Å²) in [6, 6.07) is 24.2. The summed E-state index contributed by atoms with van der Waals surface area (Å²) < 4.78 is 16.8. The quantitative estimate of drug-likeness (QED) is 0.473. The molecule has 0 saturated heterocycles. The minimum atomic E-state index is -0.497. The molecule has 0 bridgehead atoms. The van der Waals surface area contributed by atoms with Crippen molar-refractivity contribution in [2.24, 2.45) is 0 Å². The Kier molecular flexibility index (Phi) is 6.15. The average molecular weight is 412 g/mol. The number of fused-ring (bicyclic) bond motifs is 1. The zero-order valence-corrected chi connectivity index (χ0v) is 16.7. The standard InChI is InChI=1S/C25H20N2O4/c26-16-20(25(28)27-21-8-11-23-24(15-21)30-13-12-29-23)14-18-6-9-22(10-7-18)31-17-19-4-2-1-3-5-19/h1-11,14-15H,12-13,17H2,(H,27,28)/b20-14+. The van der Waals surface area contributed by atoms with Gasteiger partial charge >= 0.3 is 0 Å². The van der Waals surface area contributed by atoms with E-state index in [-0.39, 0.29) is 5.57 Å². The molecule has 1 amide bonds. The van der Waals surface area contributed by atoms with Crippen molar-refractivity contribution in [3.8, 4) is 23.3 Å². The third-order valence-electron chi connectivity index (χ3n) is 4.60. The van der Waals surface area contributed by atoms with Gasteiger partial charge in [-0.2, -0.15) is 5.26 Å². The number of carbonyl (C=O) groups excluding carboxylic acids is 1. The molecule has 6 nitrogen and oxygen atoms in total. The van der Waals surface area contributed by atoms with Gasteiger partial charge in [-0.3, -0.25) is 4.79 Å². The highest BCUT2D eigenvalue weighted by Crippen LogP contribution is 2.32. The van der Waals surface area contributed by atoms with Crippen molar-refractivity contribution >= 4 is 17.7 Å². The third-order valence-corrected chi connectivity index (χ3v) is 4.60. The zero-order valence-electron chi connectivity index (χ0n) is 16.7. The molecule has 0 aromatic heterocycles. The van der Waals surface area contributed by atoms with Crippen LogP contribution < -0.4 is 19.5 Å². The highest BCUT2D eigenvalue weighted by Gasteiger charge is 2.14. The van der Waals surface area contributed by atoms with Crippen LogP contribution in [-0.2, 0) is 11.4 Å². The minimum absolute atomic E-state index is 0.00663. The maximum absolute atomic E-state index is 12.5. The van der Waals surface area contributed by atoms with Crippen LogP contribution in [-0.4, -0.2) is 19.1 Å². The molecule has 1 aliphatic heterocycles. The third kappa shape index (κ3) is 5.22. The second-order valence-electron chi connectivity index (χ2n) is 6.83. The van der Waals surface area contributed by atoms with Crippen LogP contribution in [0.3, 0.4) is 0 Å². The first-order valence-electron chi connectivity index (χ1n) is 9.81. The van der Waals surface area contributed by atoms with E-state index in [0.29, 0.717) is 42.8 Å². The Morgan fingerprint density at radius 3 is 2.48 bits per heavy atom. The second kappa shape index (κ2) is 9.51. The topological polar surface area (TPSA) is 80.6 Å². The smallest absolute Gasteiger partial charge is 0.266 e. The molecular weight excluding hydrogens is 392 g/mol. The molecule has 6 heteroatoms. The van der Waals surface area contributed by atoms with E-state index < -0.39 is 5.91 Å². The molecule has 0 unspecified atom stereocenters. The molecule has 1 N–H and O–H groups in total. The van der Waals surface area contributed by atoms with Crippen LogP contribution in [0.2, 0.25) is 0 Å². The first kappa shape index (κ1) is 20.0. The first-order chi connectivity index (χ1) is 15.2. The number of ether oxygens (including phenoxy) is 3. The van der Waals surface area contributed by atoms with E-state index in [0.717, 1.165) is 11.1 Å². The fourth-order valence-corrected chi connectivity index (χ4v) is 3.04. The number of nitrogens with zero attached hydrogens (tertiary/aromatic N) is 1. The van der Waals surface area contributed by atoms with Gasteiger partial charge in [-0.25, -0.2) is 0 Å². The Hall–Kier alpha value is -4.24. The van der Waals surface area contributed by atoms with Crippen LogP contribution in [0.15, 0.2) is 78.4 Å². The van der Waals surface area contributed by atoms with E-state index in [1.807, 2.05) is 48.5 Å². The molecule has 3 aromatic carbocycles. The fourth-order valence-electron chi connectivity index (χ4n) is 3.04. The normalized spacial score (nSPS) is 12.5. The highest BCUT2D eigenvalue weighted by molar-refractivity contribution is 6.09. The number of rotatable bonds is 6. The molecule has 1 aliphatic rings. The van der Waals surface area contributed by atoms with Crippen LogP contribution in [0.1, 0.15) is 11.1 Å². The monoisotopic (exact) mass is 412 g/mol. The predicted octanol–water partition coefficient (Wildman–Crippen LogP) is 4.58. The van der Waals surface area contributed by atoms with Crippen molar-refractivity contribution in [2.75, 3.05) is 18.5 Å². The molecule has 1 heterocycles. The second-order valence-corrected chi connectivity index (χ2v) is 6.83. The number of hydrogen-bond acceptors (Lipinski definition) is 5. The largest absolute Gasteiger partial charge is 0.489 e. The first-order valence-corrected chi connectivity index (χ1v) is 9.81. The van der Waals surface area contributed by atoms with E-state index in [9.17, 15) is 10.1 Å². The van der Waals surface area contributed by atoms with Crippen LogP contribution in [0.5, 0.6) is 17.2 Å². The maximum atomic E-state index is 12.5. The number of carbonyl (C=O) groups is 1. The lowest BCUT2D eigenvalue weighted by Crippen LogP contribution is -2.17. The number of amides is 1. The molecule has 3 aromatic rings. The van der Waals surface area contributed by atoms with E-state index in [4.69, 9.17) is 14.2 Å². The lowest BCUT2D eigenvalue weighted by Gasteiger charge is -2.18. The molecule has 4 rings (SSSR count). The lowest BCUT2D eigenvalue weighted by molar-refractivity contribution is -0.112. The summed E-state index contributed by atoms with van der Waals surface area (Å²) in [5, 5.41) is 12.2. The molecule has 0 fully saturated rings. The number of nitrogens with one attached hydrogen (secondary N) is 1. The maximum Gasteiger partial charge on any atom is 0.266 e. The average Bonchev–Trinajstić information content (AvgIpc) is 2.82. The van der Waals surface area contributed by atoms with E-state index in [1.165, 1.54) is 6.08 Å². The van der Waals surface area contributed by atoms with Crippen molar-refractivity contribution in [1.82, 2.24) is 0 Å². The van der Waals surface area contributed by atoms with Crippen molar-refractivity contribution in [2.45, 2.75) is 6.61 Å². The number of nitriles is 1. The van der Waals surface area contributed by atoms with Gasteiger partial charge < -0.3 is 19.5 Å². The number of anilines is 1. The van der Waals surface area contributed by atoms with Gasteiger partial charge in [0.1, 0.15) is 37.2 Å². The van der Waals surface area contributed by atoms with E-state index in [2.05, 4.69) is 5.32 Å². The summed E-state index contributed by atoms with van der Waals surface area (Å²) in [4.78, 5) is 12.5. The zero-order chi connectivity index (χ0) is 21.5. The van der Waals surface area contributed by atoms with Crippen molar-refractivity contribution in [1.29, 1.82) is 5.26 Å². The molecule has 0 radical (unpaired) electrons. The summed E-state index contributed by atoms with van der Waals surface area (Å²) in [6.45, 7) is 1.42. The van der Waals surface area contributed by atoms with Gasteiger partial charge in [-0.05, 0) is 41.5 Å². The van der Waals surface area contributed by atoms with Gasteiger partial charge in [0.05, 0.1) is 0 Å². The number of benzene rings is 3. The van der Waals surface area contributed by atoms with Crippen molar-refractivity contribution in [3.05, 3.63) is 89.5 Å². The van der Waals surface area contributed by atoms with Crippen molar-refractivity contribution in [3.63, 3.8) is 0 Å². The van der Waals surface area contributed by atoms with Gasteiger partial charge in [0.25, 0.3) is 5.91 Å². The summed E-state index contributed by atoms with van der Waals surface area (Å²) in [6.07, 6.45) is 1.54. The Labute approximate surface area is 180 Å². The minimum Gasteiger partial charge on any atom is -0.489 e. The SMILES string of the molecule is N#C/C(=C\c1ccc(OCc2ccccc2)cc1)C(=O)Nc1ccc2c(c1)OCCO2. The van der Waals surface area contributed by atoms with Crippen LogP contribution >= 0.6 is 0 Å². The van der Waals surface area contributed by atoms with E-state index in [1.54, 1.807) is 30.3 Å². The molecule has 154 valence electrons. The Morgan fingerprint density at radius 1 is 1.00 bits per heavy atom. The van der Waals surface area contributed by atoms with Crippen LogP contribution in [0.25, 0.3) is 6.08 Å². The Bertz CT molecular complexity index is 1130. The Morgan fingerprint density at radius 2 is 1.74 bits per heavy atom. The molecule has 0 saturated carbocycles. The van der Waals surface area contributed by atoms with Gasteiger partial charge in [-0.1, -0.05) is 42.5 Å². The summed E-state index contributed by atoms with van der Waals surface area (Å²) >= 11 is 0.